The second-order valence-corrected chi connectivity index (χ2v) is 7.46. The Bertz CT molecular complexity index is 989. The summed E-state index contributed by atoms with van der Waals surface area (Å²) in [5, 5.41) is 0. The number of fused-ring (bicyclic) bond motifs is 4. The SMILES string of the molecule is CN1C(=O)[C@@]2(c3ccccc31)[C@@H]1C(=O)N(c3ccccc3)C(=O)[C@@H]1CN2C. The number of amides is 3. The predicted octanol–water partition coefficient (Wildman–Crippen LogP) is 1.61. The van der Waals surface area contributed by atoms with Crippen LogP contribution in [0.2, 0.25) is 0 Å². The molecule has 2 aromatic carbocycles. The van der Waals surface area contributed by atoms with Crippen LogP contribution < -0.4 is 9.80 Å². The molecule has 0 bridgehead atoms. The molecular weight excluding hydrogens is 342 g/mol. The molecule has 3 aliphatic heterocycles. The van der Waals surface area contributed by atoms with Crippen LogP contribution in [-0.2, 0) is 19.9 Å². The molecule has 6 nitrogen and oxygen atoms in total. The molecule has 0 aromatic heterocycles. The molecule has 1 spiro atoms. The second-order valence-electron chi connectivity index (χ2n) is 7.46. The topological polar surface area (TPSA) is 60.9 Å². The van der Waals surface area contributed by atoms with Crippen molar-refractivity contribution in [3.05, 3.63) is 60.2 Å². The van der Waals surface area contributed by atoms with E-state index in [2.05, 4.69) is 0 Å². The molecule has 3 aliphatic rings. The number of hydrogen-bond acceptors (Lipinski definition) is 4. The number of likely N-dealkylation sites (tertiary alicyclic amines) is 1. The third kappa shape index (κ3) is 1.76. The summed E-state index contributed by atoms with van der Waals surface area (Å²) in [6.07, 6.45) is 0. The summed E-state index contributed by atoms with van der Waals surface area (Å²) >= 11 is 0. The standard InChI is InChI=1S/C21H19N3O3/c1-22-12-14-17(19(26)24(18(14)25)13-8-4-3-5-9-13)21(22)15-10-6-7-11-16(15)23(2)20(21)27/h3-11,14,17H,12H2,1-2H3/t14-,17+,21-/m1/s1. The number of likely N-dealkylation sites (N-methyl/N-ethyl adjacent to an activating group) is 2. The van der Waals surface area contributed by atoms with Gasteiger partial charge in [-0.1, -0.05) is 36.4 Å². The van der Waals surface area contributed by atoms with Crippen molar-refractivity contribution in [3.63, 3.8) is 0 Å². The van der Waals surface area contributed by atoms with E-state index in [0.717, 1.165) is 11.3 Å². The van der Waals surface area contributed by atoms with Gasteiger partial charge in [0.05, 0.1) is 17.5 Å². The smallest absolute Gasteiger partial charge is 0.252 e. The minimum atomic E-state index is -1.12. The van der Waals surface area contributed by atoms with Crippen molar-refractivity contribution in [2.75, 3.05) is 30.4 Å². The fourth-order valence-electron chi connectivity index (χ4n) is 5.13. The minimum absolute atomic E-state index is 0.144. The fourth-order valence-corrected chi connectivity index (χ4v) is 5.13. The van der Waals surface area contributed by atoms with Crippen LogP contribution >= 0.6 is 0 Å². The second kappa shape index (κ2) is 5.27. The monoisotopic (exact) mass is 361 g/mol. The molecule has 2 aromatic rings. The van der Waals surface area contributed by atoms with Crippen molar-refractivity contribution < 1.29 is 14.4 Å². The Morgan fingerprint density at radius 1 is 0.889 bits per heavy atom. The van der Waals surface area contributed by atoms with Crippen LogP contribution in [0.15, 0.2) is 54.6 Å². The van der Waals surface area contributed by atoms with E-state index in [9.17, 15) is 14.4 Å². The molecule has 6 heteroatoms. The van der Waals surface area contributed by atoms with Gasteiger partial charge >= 0.3 is 0 Å². The van der Waals surface area contributed by atoms with E-state index in [1.807, 2.05) is 42.3 Å². The summed E-state index contributed by atoms with van der Waals surface area (Å²) in [6, 6.07) is 16.5. The van der Waals surface area contributed by atoms with Gasteiger partial charge in [0.15, 0.2) is 0 Å². The minimum Gasteiger partial charge on any atom is -0.313 e. The average molecular weight is 361 g/mol. The largest absolute Gasteiger partial charge is 0.313 e. The highest BCUT2D eigenvalue weighted by Gasteiger charge is 2.71. The molecular formula is C21H19N3O3. The van der Waals surface area contributed by atoms with Crippen LogP contribution in [0.25, 0.3) is 0 Å². The number of para-hydroxylation sites is 2. The molecule has 27 heavy (non-hydrogen) atoms. The molecule has 0 saturated carbocycles. The van der Waals surface area contributed by atoms with Gasteiger partial charge in [-0.15, -0.1) is 0 Å². The van der Waals surface area contributed by atoms with Gasteiger partial charge in [-0.2, -0.15) is 0 Å². The van der Waals surface area contributed by atoms with Gasteiger partial charge < -0.3 is 4.90 Å². The van der Waals surface area contributed by atoms with Crippen molar-refractivity contribution in [3.8, 4) is 0 Å². The van der Waals surface area contributed by atoms with Crippen LogP contribution in [-0.4, -0.2) is 43.3 Å². The first-order chi connectivity index (χ1) is 13.0. The van der Waals surface area contributed by atoms with Crippen LogP contribution in [0.5, 0.6) is 0 Å². The van der Waals surface area contributed by atoms with E-state index in [4.69, 9.17) is 0 Å². The van der Waals surface area contributed by atoms with Gasteiger partial charge in [0, 0.05) is 24.8 Å². The molecule has 3 atom stereocenters. The van der Waals surface area contributed by atoms with E-state index < -0.39 is 17.4 Å². The van der Waals surface area contributed by atoms with Crippen molar-refractivity contribution in [1.29, 1.82) is 0 Å². The van der Waals surface area contributed by atoms with E-state index in [0.29, 0.717) is 12.2 Å². The van der Waals surface area contributed by atoms with Crippen LogP contribution in [0.3, 0.4) is 0 Å². The first-order valence-electron chi connectivity index (χ1n) is 9.01. The summed E-state index contributed by atoms with van der Waals surface area (Å²) in [4.78, 5) is 44.8. The van der Waals surface area contributed by atoms with Gasteiger partial charge in [-0.05, 0) is 25.2 Å². The lowest BCUT2D eigenvalue weighted by atomic mass is 9.77. The van der Waals surface area contributed by atoms with Gasteiger partial charge in [0.25, 0.3) is 5.91 Å². The Hall–Kier alpha value is -2.99. The van der Waals surface area contributed by atoms with E-state index >= 15 is 0 Å². The molecule has 0 N–H and O–H groups in total. The molecule has 5 rings (SSSR count). The lowest BCUT2D eigenvalue weighted by molar-refractivity contribution is -0.136. The van der Waals surface area contributed by atoms with Crippen LogP contribution in [0.4, 0.5) is 11.4 Å². The zero-order chi connectivity index (χ0) is 18.9. The Labute approximate surface area is 157 Å². The normalized spacial score (nSPS) is 29.8. The maximum absolute atomic E-state index is 13.5. The molecule has 136 valence electrons. The van der Waals surface area contributed by atoms with Gasteiger partial charge in [0.2, 0.25) is 11.8 Å². The summed E-state index contributed by atoms with van der Waals surface area (Å²) in [6.45, 7) is 0.381. The van der Waals surface area contributed by atoms with Gasteiger partial charge in [-0.25, -0.2) is 4.90 Å². The average Bonchev–Trinajstić information content (AvgIpc) is 3.21. The predicted molar refractivity (Wildman–Crippen MR) is 100 cm³/mol. The molecule has 0 aliphatic carbocycles. The highest BCUT2D eigenvalue weighted by molar-refractivity contribution is 6.25. The first-order valence-corrected chi connectivity index (χ1v) is 9.01. The van der Waals surface area contributed by atoms with Crippen LogP contribution in [0.1, 0.15) is 5.56 Å². The summed E-state index contributed by atoms with van der Waals surface area (Å²) in [5.74, 6) is -1.89. The highest BCUT2D eigenvalue weighted by atomic mass is 16.2. The van der Waals surface area contributed by atoms with Crippen molar-refractivity contribution in [2.45, 2.75) is 5.54 Å². The van der Waals surface area contributed by atoms with Crippen molar-refractivity contribution >= 4 is 29.1 Å². The molecule has 3 amide bonds. The van der Waals surface area contributed by atoms with Crippen molar-refractivity contribution in [1.82, 2.24) is 4.90 Å². The van der Waals surface area contributed by atoms with E-state index in [-0.39, 0.29) is 17.7 Å². The fraction of sp³-hybridized carbons (Fsp3) is 0.286. The Morgan fingerprint density at radius 3 is 2.30 bits per heavy atom. The molecule has 3 heterocycles. The summed E-state index contributed by atoms with van der Waals surface area (Å²) < 4.78 is 0. The molecule has 0 radical (unpaired) electrons. The molecule has 2 fully saturated rings. The maximum atomic E-state index is 13.5. The number of imide groups is 1. The van der Waals surface area contributed by atoms with Crippen LogP contribution in [0, 0.1) is 11.8 Å². The maximum Gasteiger partial charge on any atom is 0.252 e. The Kier molecular flexibility index (Phi) is 3.16. The third-order valence-electron chi connectivity index (χ3n) is 6.27. The van der Waals surface area contributed by atoms with Crippen molar-refractivity contribution in [2.24, 2.45) is 11.8 Å². The van der Waals surface area contributed by atoms with Gasteiger partial charge in [0.1, 0.15) is 5.54 Å². The zero-order valence-corrected chi connectivity index (χ0v) is 15.1. The number of carbonyl (C=O) groups excluding carboxylic acids is 3. The third-order valence-corrected chi connectivity index (χ3v) is 6.27. The number of hydrogen-bond donors (Lipinski definition) is 0. The molecule has 2 saturated heterocycles. The number of nitrogens with zero attached hydrogens (tertiary/aromatic N) is 3. The number of anilines is 2. The van der Waals surface area contributed by atoms with E-state index in [1.54, 1.807) is 36.2 Å². The summed E-state index contributed by atoms with van der Waals surface area (Å²) in [7, 11) is 3.56. The lowest BCUT2D eigenvalue weighted by Crippen LogP contribution is -2.53. The lowest BCUT2D eigenvalue weighted by Gasteiger charge is -2.35. The van der Waals surface area contributed by atoms with Gasteiger partial charge in [-0.3, -0.25) is 19.3 Å². The zero-order valence-electron chi connectivity index (χ0n) is 15.1. The highest BCUT2D eigenvalue weighted by Crippen LogP contribution is 2.56. The number of rotatable bonds is 1. The van der Waals surface area contributed by atoms with E-state index in [1.165, 1.54) is 4.90 Å². The summed E-state index contributed by atoms with van der Waals surface area (Å²) in [5.41, 5.74) is 1.05. The quantitative estimate of drug-likeness (QED) is 0.724. The Balaban J connectivity index is 1.70. The number of benzene rings is 2. The Morgan fingerprint density at radius 2 is 1.56 bits per heavy atom. The number of carbonyl (C=O) groups is 3. The molecule has 0 unspecified atom stereocenters. The first kappa shape index (κ1) is 16.2.